The van der Waals surface area contributed by atoms with Gasteiger partial charge in [0.15, 0.2) is 0 Å². The lowest BCUT2D eigenvalue weighted by molar-refractivity contribution is -0.140. The summed E-state index contributed by atoms with van der Waals surface area (Å²) < 4.78 is 51.1. The summed E-state index contributed by atoms with van der Waals surface area (Å²) in [7, 11) is 0. The SMILES string of the molecule is Cc1ccc(C(C)NCc2ccc(F)c(C(F)(F)F)c2)s1. The molecule has 1 unspecified atom stereocenters. The standard InChI is InChI=1S/C15H15F4NS/c1-9-3-6-14(21-9)10(2)20-8-11-4-5-13(16)12(7-11)15(17,18)19/h3-7,10,20H,8H2,1-2H3. The third-order valence-corrected chi connectivity index (χ3v) is 4.32. The highest BCUT2D eigenvalue weighted by Gasteiger charge is 2.34. The molecule has 0 aliphatic carbocycles. The molecule has 0 saturated heterocycles. The van der Waals surface area contributed by atoms with E-state index in [2.05, 4.69) is 5.32 Å². The van der Waals surface area contributed by atoms with Gasteiger partial charge in [-0.05, 0) is 43.7 Å². The Morgan fingerprint density at radius 3 is 2.48 bits per heavy atom. The van der Waals surface area contributed by atoms with Gasteiger partial charge in [-0.2, -0.15) is 13.2 Å². The summed E-state index contributed by atoms with van der Waals surface area (Å²) >= 11 is 1.64. The van der Waals surface area contributed by atoms with Crippen molar-refractivity contribution in [2.24, 2.45) is 0 Å². The fraction of sp³-hybridized carbons (Fsp3) is 0.333. The predicted octanol–water partition coefficient (Wildman–Crippen LogP) is 5.07. The van der Waals surface area contributed by atoms with Crippen molar-refractivity contribution in [3.05, 3.63) is 57.0 Å². The van der Waals surface area contributed by atoms with Gasteiger partial charge in [0.25, 0.3) is 0 Å². The molecule has 0 aliphatic heterocycles. The first-order valence-corrected chi connectivity index (χ1v) is 7.24. The van der Waals surface area contributed by atoms with E-state index in [0.717, 1.165) is 17.0 Å². The van der Waals surface area contributed by atoms with Crippen LogP contribution < -0.4 is 5.32 Å². The summed E-state index contributed by atoms with van der Waals surface area (Å²) in [5.41, 5.74) is -0.815. The molecule has 0 bridgehead atoms. The Morgan fingerprint density at radius 1 is 1.19 bits per heavy atom. The van der Waals surface area contributed by atoms with Crippen LogP contribution in [-0.2, 0) is 12.7 Å². The van der Waals surface area contributed by atoms with E-state index in [1.54, 1.807) is 11.3 Å². The highest BCUT2D eigenvalue weighted by atomic mass is 32.1. The molecule has 21 heavy (non-hydrogen) atoms. The average Bonchev–Trinajstić information content (AvgIpc) is 2.83. The molecular formula is C15H15F4NS. The lowest BCUT2D eigenvalue weighted by Crippen LogP contribution is -2.18. The van der Waals surface area contributed by atoms with Crippen molar-refractivity contribution in [1.29, 1.82) is 0 Å². The van der Waals surface area contributed by atoms with Gasteiger partial charge in [0.1, 0.15) is 5.82 Å². The minimum absolute atomic E-state index is 0.0306. The normalized spacial score (nSPS) is 13.4. The lowest BCUT2D eigenvalue weighted by atomic mass is 10.1. The number of benzene rings is 1. The van der Waals surface area contributed by atoms with Gasteiger partial charge in [-0.25, -0.2) is 4.39 Å². The van der Waals surface area contributed by atoms with Gasteiger partial charge in [-0.3, -0.25) is 0 Å². The van der Waals surface area contributed by atoms with Crippen LogP contribution in [0, 0.1) is 12.7 Å². The van der Waals surface area contributed by atoms with E-state index in [1.165, 1.54) is 10.9 Å². The van der Waals surface area contributed by atoms with Crippen molar-refractivity contribution in [3.8, 4) is 0 Å². The molecular weight excluding hydrogens is 302 g/mol. The topological polar surface area (TPSA) is 12.0 Å². The average molecular weight is 317 g/mol. The van der Waals surface area contributed by atoms with Crippen LogP contribution in [0.5, 0.6) is 0 Å². The van der Waals surface area contributed by atoms with E-state index in [4.69, 9.17) is 0 Å². The van der Waals surface area contributed by atoms with Crippen LogP contribution in [0.1, 0.15) is 33.8 Å². The van der Waals surface area contributed by atoms with Gasteiger partial charge >= 0.3 is 6.18 Å². The fourth-order valence-electron chi connectivity index (χ4n) is 1.96. The number of hydrogen-bond donors (Lipinski definition) is 1. The molecule has 1 atom stereocenters. The minimum Gasteiger partial charge on any atom is -0.305 e. The second kappa shape index (κ2) is 6.15. The van der Waals surface area contributed by atoms with Crippen molar-refractivity contribution in [3.63, 3.8) is 0 Å². The number of halogens is 4. The zero-order valence-corrected chi connectivity index (χ0v) is 12.4. The van der Waals surface area contributed by atoms with Crippen molar-refractivity contribution < 1.29 is 17.6 Å². The third-order valence-electron chi connectivity index (χ3n) is 3.14. The maximum absolute atomic E-state index is 13.2. The molecule has 2 rings (SSSR count). The van der Waals surface area contributed by atoms with Crippen molar-refractivity contribution in [2.75, 3.05) is 0 Å². The Bertz CT molecular complexity index is 618. The number of thiophene rings is 1. The highest BCUT2D eigenvalue weighted by Crippen LogP contribution is 2.32. The van der Waals surface area contributed by atoms with Crippen molar-refractivity contribution in [1.82, 2.24) is 5.32 Å². The van der Waals surface area contributed by atoms with Gasteiger partial charge < -0.3 is 5.32 Å². The molecule has 114 valence electrons. The van der Waals surface area contributed by atoms with Crippen LogP contribution in [0.4, 0.5) is 17.6 Å². The maximum Gasteiger partial charge on any atom is 0.419 e. The molecule has 1 heterocycles. The minimum atomic E-state index is -4.67. The molecule has 0 spiro atoms. The first-order chi connectivity index (χ1) is 9.77. The second-order valence-corrected chi connectivity index (χ2v) is 6.18. The summed E-state index contributed by atoms with van der Waals surface area (Å²) in [6.45, 7) is 4.19. The zero-order valence-electron chi connectivity index (χ0n) is 11.6. The zero-order chi connectivity index (χ0) is 15.6. The van der Waals surface area contributed by atoms with E-state index in [9.17, 15) is 17.6 Å². The number of nitrogens with one attached hydrogen (secondary N) is 1. The Morgan fingerprint density at radius 2 is 1.90 bits per heavy atom. The van der Waals surface area contributed by atoms with Crippen molar-refractivity contribution >= 4 is 11.3 Å². The van der Waals surface area contributed by atoms with E-state index in [0.29, 0.717) is 5.56 Å². The van der Waals surface area contributed by atoms with Crippen LogP contribution in [0.3, 0.4) is 0 Å². The van der Waals surface area contributed by atoms with Crippen LogP contribution in [-0.4, -0.2) is 0 Å². The molecule has 1 aromatic heterocycles. The molecule has 0 amide bonds. The monoisotopic (exact) mass is 317 g/mol. The molecule has 1 nitrogen and oxygen atoms in total. The molecule has 6 heteroatoms. The molecule has 2 aromatic rings. The molecule has 1 N–H and O–H groups in total. The smallest absolute Gasteiger partial charge is 0.305 e. The van der Waals surface area contributed by atoms with Crippen LogP contribution in [0.2, 0.25) is 0 Å². The van der Waals surface area contributed by atoms with Gasteiger partial charge in [-0.1, -0.05) is 6.07 Å². The fourth-order valence-corrected chi connectivity index (χ4v) is 2.86. The predicted molar refractivity (Wildman–Crippen MR) is 75.7 cm³/mol. The Labute approximate surface area is 124 Å². The van der Waals surface area contributed by atoms with Crippen molar-refractivity contribution in [2.45, 2.75) is 32.6 Å². The Kier molecular flexibility index (Phi) is 4.68. The third kappa shape index (κ3) is 4.04. The van der Waals surface area contributed by atoms with Gasteiger partial charge in [0.05, 0.1) is 5.56 Å². The molecule has 0 aliphatic rings. The van der Waals surface area contributed by atoms with E-state index < -0.39 is 17.6 Å². The first kappa shape index (κ1) is 16.0. The van der Waals surface area contributed by atoms with E-state index >= 15 is 0 Å². The number of hydrogen-bond acceptors (Lipinski definition) is 2. The quantitative estimate of drug-likeness (QED) is 0.777. The summed E-state index contributed by atoms with van der Waals surface area (Å²) in [6, 6.07) is 7.10. The molecule has 0 radical (unpaired) electrons. The number of aryl methyl sites for hydroxylation is 1. The molecule has 0 fully saturated rings. The highest BCUT2D eigenvalue weighted by molar-refractivity contribution is 7.12. The maximum atomic E-state index is 13.2. The first-order valence-electron chi connectivity index (χ1n) is 6.42. The van der Waals surface area contributed by atoms with E-state index in [-0.39, 0.29) is 12.6 Å². The Hall–Kier alpha value is -1.40. The molecule has 1 aromatic carbocycles. The van der Waals surface area contributed by atoms with Crippen LogP contribution in [0.15, 0.2) is 30.3 Å². The number of alkyl halides is 3. The van der Waals surface area contributed by atoms with Gasteiger partial charge in [0, 0.05) is 22.3 Å². The summed E-state index contributed by atoms with van der Waals surface area (Å²) in [6.07, 6.45) is -4.67. The van der Waals surface area contributed by atoms with Gasteiger partial charge in [0.2, 0.25) is 0 Å². The summed E-state index contributed by atoms with van der Waals surface area (Å²) in [5.74, 6) is -1.24. The number of rotatable bonds is 4. The van der Waals surface area contributed by atoms with Gasteiger partial charge in [-0.15, -0.1) is 11.3 Å². The summed E-state index contributed by atoms with van der Waals surface area (Å²) in [5, 5.41) is 3.15. The summed E-state index contributed by atoms with van der Waals surface area (Å²) in [4.78, 5) is 2.30. The van der Waals surface area contributed by atoms with Crippen LogP contribution in [0.25, 0.3) is 0 Å². The van der Waals surface area contributed by atoms with E-state index in [1.807, 2.05) is 26.0 Å². The second-order valence-electron chi connectivity index (χ2n) is 4.86. The lowest BCUT2D eigenvalue weighted by Gasteiger charge is -2.14. The van der Waals surface area contributed by atoms with Crippen LogP contribution >= 0.6 is 11.3 Å². The molecule has 0 saturated carbocycles. The largest absolute Gasteiger partial charge is 0.419 e. The Balaban J connectivity index is 2.07.